The Morgan fingerprint density at radius 2 is 0.693 bits per heavy atom. The fourth-order valence-electron chi connectivity index (χ4n) is 13.9. The molecule has 0 unspecified atom stereocenters. The molecular formula is C69H38BN5. The van der Waals surface area contributed by atoms with E-state index in [2.05, 4.69) is 221 Å². The van der Waals surface area contributed by atoms with Crippen LogP contribution in [0.5, 0.6) is 0 Å². The van der Waals surface area contributed by atoms with Crippen molar-refractivity contribution in [3.05, 3.63) is 231 Å². The summed E-state index contributed by atoms with van der Waals surface area (Å²) in [5, 5.41) is 16.0. The van der Waals surface area contributed by atoms with Crippen LogP contribution in [0.3, 0.4) is 0 Å². The van der Waals surface area contributed by atoms with Crippen LogP contribution in [0.1, 0.15) is 0 Å². The van der Waals surface area contributed by atoms with E-state index in [1.54, 1.807) is 0 Å². The highest BCUT2D eigenvalue weighted by molar-refractivity contribution is 7.00. The summed E-state index contributed by atoms with van der Waals surface area (Å²) < 4.78 is 5.20. The monoisotopic (exact) mass is 947 g/mol. The predicted octanol–water partition coefficient (Wildman–Crippen LogP) is 15.1. The maximum absolute atomic E-state index is 4.86. The minimum Gasteiger partial charge on any atom is -0.310 e. The first-order valence-corrected chi connectivity index (χ1v) is 25.9. The van der Waals surface area contributed by atoms with E-state index in [1.807, 2.05) is 18.6 Å². The van der Waals surface area contributed by atoms with Gasteiger partial charge < -0.3 is 9.13 Å². The van der Waals surface area contributed by atoms with E-state index >= 15 is 0 Å². The normalized spacial score (nSPS) is 12.8. The third-order valence-electron chi connectivity index (χ3n) is 17.0. The number of pyridine rings is 3. The Labute approximate surface area is 429 Å². The molecule has 6 heteroatoms. The van der Waals surface area contributed by atoms with Crippen molar-refractivity contribution in [3.8, 4) is 44.8 Å². The molecule has 0 atom stereocenters. The fraction of sp³-hybridized carbons (Fsp3) is 0. The number of nitrogens with zero attached hydrogens (tertiary/aromatic N) is 5. The Morgan fingerprint density at radius 3 is 1.21 bits per heavy atom. The van der Waals surface area contributed by atoms with Crippen LogP contribution in [0.15, 0.2) is 231 Å². The molecule has 2 aliphatic rings. The Balaban J connectivity index is 1.02. The fourth-order valence-corrected chi connectivity index (χ4v) is 13.9. The molecule has 0 bridgehead atoms. The SMILES string of the molecule is c1cc2c3c(c1)-n1c4cc5c6ccccc6c6ccccc6c5cc4c4cc(-c5ccnc6ccccc56)cc(c41)B3c1cc(-c3ccnc4ccccc34)cc3c4cc(-c5ccnc6ccccc56)ccc4n-2c13. The first-order chi connectivity index (χ1) is 37.2. The number of hydrogen-bond donors (Lipinski definition) is 0. The highest BCUT2D eigenvalue weighted by atomic mass is 15.0. The Bertz CT molecular complexity index is 5260. The van der Waals surface area contributed by atoms with Gasteiger partial charge in [-0.25, -0.2) is 0 Å². The van der Waals surface area contributed by atoms with Crippen LogP contribution in [0, 0.1) is 0 Å². The maximum Gasteiger partial charge on any atom is 0.252 e. The third kappa shape index (κ3) is 5.20. The second-order valence-electron chi connectivity index (χ2n) is 20.6. The molecular weight excluding hydrogens is 910 g/mol. The molecule has 2 aliphatic heterocycles. The van der Waals surface area contributed by atoms with Crippen LogP contribution in [-0.4, -0.2) is 30.8 Å². The number of rotatable bonds is 3. The van der Waals surface area contributed by atoms with Gasteiger partial charge in [-0.3, -0.25) is 15.0 Å². The quantitative estimate of drug-likeness (QED) is 0.131. The Morgan fingerprint density at radius 1 is 0.280 bits per heavy atom. The molecule has 0 saturated heterocycles. The number of fused-ring (bicyclic) bond motifs is 19. The summed E-state index contributed by atoms with van der Waals surface area (Å²) in [5.41, 5.74) is 21.3. The summed E-state index contributed by atoms with van der Waals surface area (Å²) in [6.45, 7) is -0.101. The standard InChI is InChI=1S/C69H38BN5/c1-3-14-47-45(12-1)46-13-2-4-15-48(46)53-38-66-55(37-52(47)53)57-34-41(44-28-31-73-62-21-10-7-18-51(44)62)36-59-69(57)75(66)65-23-11-22-64-67(65)70(59)58-35-40(43-27-30-72-61-20-9-6-17-50(43)61)33-56-54-32-39(24-25-63(54)74(64)68(56)58)42-26-29-71-60-19-8-5-16-49(42)60/h1-38H. The zero-order chi connectivity index (χ0) is 48.6. The van der Waals surface area contributed by atoms with E-state index in [4.69, 9.17) is 15.0 Å². The second-order valence-corrected chi connectivity index (χ2v) is 20.6. The maximum atomic E-state index is 4.86. The number of para-hydroxylation sites is 3. The minimum atomic E-state index is -0.101. The van der Waals surface area contributed by atoms with Gasteiger partial charge in [-0.05, 0) is 167 Å². The van der Waals surface area contributed by atoms with Crippen molar-refractivity contribution in [1.29, 1.82) is 0 Å². The Kier molecular flexibility index (Phi) is 7.62. The van der Waals surface area contributed by atoms with Crippen molar-refractivity contribution in [2.75, 3.05) is 0 Å². The van der Waals surface area contributed by atoms with E-state index < -0.39 is 0 Å². The van der Waals surface area contributed by atoms with Crippen LogP contribution >= 0.6 is 0 Å². The van der Waals surface area contributed by atoms with E-state index in [0.717, 1.165) is 32.7 Å². The van der Waals surface area contributed by atoms with E-state index in [1.165, 1.54) is 137 Å². The Hall–Kier alpha value is -9.91. The van der Waals surface area contributed by atoms with Gasteiger partial charge >= 0.3 is 0 Å². The van der Waals surface area contributed by atoms with Crippen molar-refractivity contribution in [2.24, 2.45) is 0 Å². The van der Waals surface area contributed by atoms with Crippen LogP contribution < -0.4 is 16.4 Å². The van der Waals surface area contributed by atoms with Crippen LogP contribution in [-0.2, 0) is 0 Å². The smallest absolute Gasteiger partial charge is 0.252 e. The summed E-state index contributed by atoms with van der Waals surface area (Å²) in [6.07, 6.45) is 5.89. The van der Waals surface area contributed by atoms with Crippen molar-refractivity contribution in [2.45, 2.75) is 0 Å². The van der Waals surface area contributed by atoms with Gasteiger partial charge in [0.15, 0.2) is 0 Å². The van der Waals surface area contributed by atoms with Gasteiger partial charge in [0.2, 0.25) is 0 Å². The molecule has 11 aromatic carbocycles. The molecule has 0 aliphatic carbocycles. The average Bonchev–Trinajstić information content (AvgIpc) is 4.12. The number of benzene rings is 11. The van der Waals surface area contributed by atoms with Crippen molar-refractivity contribution in [3.63, 3.8) is 0 Å². The highest BCUT2D eigenvalue weighted by Gasteiger charge is 2.41. The van der Waals surface area contributed by atoms with Crippen LogP contribution in [0.25, 0.3) is 153 Å². The van der Waals surface area contributed by atoms with Gasteiger partial charge in [0.1, 0.15) is 0 Å². The van der Waals surface area contributed by atoms with E-state index in [9.17, 15) is 0 Å². The summed E-state index contributed by atoms with van der Waals surface area (Å²) in [5.74, 6) is 0. The molecule has 5 nitrogen and oxygen atoms in total. The summed E-state index contributed by atoms with van der Waals surface area (Å²) in [7, 11) is 0. The molecule has 0 amide bonds. The van der Waals surface area contributed by atoms with Crippen LogP contribution in [0.2, 0.25) is 0 Å². The average molecular weight is 948 g/mol. The molecule has 18 rings (SSSR count). The lowest BCUT2D eigenvalue weighted by molar-refractivity contribution is 1.14. The molecule has 0 spiro atoms. The van der Waals surface area contributed by atoms with Gasteiger partial charge in [0.05, 0.1) is 27.6 Å². The molecule has 0 radical (unpaired) electrons. The van der Waals surface area contributed by atoms with Gasteiger partial charge in [0, 0.05) is 78.7 Å². The predicted molar refractivity (Wildman–Crippen MR) is 315 cm³/mol. The van der Waals surface area contributed by atoms with Crippen molar-refractivity contribution < 1.29 is 0 Å². The van der Waals surface area contributed by atoms with Crippen LogP contribution in [0.4, 0.5) is 0 Å². The topological polar surface area (TPSA) is 48.5 Å². The minimum absolute atomic E-state index is 0.101. The summed E-state index contributed by atoms with van der Waals surface area (Å²) in [4.78, 5) is 14.5. The van der Waals surface area contributed by atoms with Crippen molar-refractivity contribution in [1.82, 2.24) is 24.1 Å². The molecule has 0 fully saturated rings. The van der Waals surface area contributed by atoms with Gasteiger partial charge in [-0.2, -0.15) is 0 Å². The lowest BCUT2D eigenvalue weighted by atomic mass is 9.34. The number of aromatic nitrogens is 5. The number of hydrogen-bond acceptors (Lipinski definition) is 3. The molecule has 16 aromatic rings. The van der Waals surface area contributed by atoms with E-state index in [0.29, 0.717) is 0 Å². The second kappa shape index (κ2) is 14.4. The van der Waals surface area contributed by atoms with E-state index in [-0.39, 0.29) is 6.71 Å². The lowest BCUT2D eigenvalue weighted by Crippen LogP contribution is -2.59. The molecule has 0 N–H and O–H groups in total. The first kappa shape index (κ1) is 39.7. The van der Waals surface area contributed by atoms with Gasteiger partial charge in [-0.1, -0.05) is 127 Å². The van der Waals surface area contributed by atoms with Crippen molar-refractivity contribution >= 4 is 132 Å². The lowest BCUT2D eigenvalue weighted by Gasteiger charge is -2.34. The summed E-state index contributed by atoms with van der Waals surface area (Å²) in [6, 6.07) is 79.2. The first-order valence-electron chi connectivity index (χ1n) is 25.9. The van der Waals surface area contributed by atoms with Gasteiger partial charge in [-0.15, -0.1) is 0 Å². The highest BCUT2D eigenvalue weighted by Crippen LogP contribution is 2.46. The zero-order valence-electron chi connectivity index (χ0n) is 40.3. The molecule has 7 heterocycles. The third-order valence-corrected chi connectivity index (χ3v) is 17.0. The largest absolute Gasteiger partial charge is 0.310 e. The summed E-state index contributed by atoms with van der Waals surface area (Å²) >= 11 is 0. The molecule has 342 valence electrons. The molecule has 0 saturated carbocycles. The zero-order valence-corrected chi connectivity index (χ0v) is 40.3. The molecule has 5 aromatic heterocycles. The molecule has 75 heavy (non-hydrogen) atoms. The van der Waals surface area contributed by atoms with Gasteiger partial charge in [0.25, 0.3) is 6.71 Å².